The average Bonchev–Trinajstić information content (AvgIpc) is 2.68. The Kier molecular flexibility index (Phi) is 6.16. The van der Waals surface area contributed by atoms with Gasteiger partial charge in [0.1, 0.15) is 11.5 Å². The molecular formula is C21H23N3O3S. The number of fused-ring (bicyclic) bond motifs is 1. The Bertz CT molecular complexity index is 1060. The van der Waals surface area contributed by atoms with Crippen molar-refractivity contribution in [2.45, 2.75) is 13.3 Å². The van der Waals surface area contributed by atoms with E-state index in [0.717, 1.165) is 16.5 Å². The van der Waals surface area contributed by atoms with Gasteiger partial charge in [-0.2, -0.15) is 0 Å². The minimum absolute atomic E-state index is 0.0757. The summed E-state index contributed by atoms with van der Waals surface area (Å²) in [6.45, 7) is 2.53. The minimum Gasteiger partial charge on any atom is -0.497 e. The van der Waals surface area contributed by atoms with Gasteiger partial charge in [0, 0.05) is 23.7 Å². The second-order valence-electron chi connectivity index (χ2n) is 6.41. The topological polar surface area (TPSA) is 75.4 Å². The summed E-state index contributed by atoms with van der Waals surface area (Å²) in [5.41, 5.74) is 3.31. The van der Waals surface area contributed by atoms with Crippen molar-refractivity contribution in [1.29, 1.82) is 0 Å². The summed E-state index contributed by atoms with van der Waals surface area (Å²) in [6.07, 6.45) is 0.552. The molecule has 6 nitrogen and oxygen atoms in total. The van der Waals surface area contributed by atoms with Gasteiger partial charge in [-0.25, -0.2) is 0 Å². The number of methoxy groups -OCH3 is 2. The lowest BCUT2D eigenvalue weighted by Gasteiger charge is -2.14. The maximum Gasteiger partial charge on any atom is 0.251 e. The van der Waals surface area contributed by atoms with E-state index < -0.39 is 0 Å². The molecule has 0 fully saturated rings. The van der Waals surface area contributed by atoms with Crippen molar-refractivity contribution in [1.82, 2.24) is 10.3 Å². The zero-order valence-corrected chi connectivity index (χ0v) is 16.9. The van der Waals surface area contributed by atoms with Crippen molar-refractivity contribution in [2.75, 3.05) is 26.1 Å². The number of benzene rings is 2. The largest absolute Gasteiger partial charge is 0.497 e. The van der Waals surface area contributed by atoms with Gasteiger partial charge >= 0.3 is 0 Å². The number of thiocarbonyl (C=S) groups is 1. The third-order valence-corrected chi connectivity index (χ3v) is 4.66. The van der Waals surface area contributed by atoms with Crippen LogP contribution in [0.2, 0.25) is 0 Å². The maximum atomic E-state index is 12.3. The standard InChI is InChI=1S/C21H23N3O3S/c1-13-4-5-14-11-15(20(25)23-17(14)10-13)8-9-22-21(28)24-18-12-16(26-2)6-7-19(18)27-3/h4-7,10-12H,8-9H2,1-3H3,(H,23,25)(H2,22,24,28). The predicted molar refractivity (Wildman–Crippen MR) is 117 cm³/mol. The Hall–Kier alpha value is -3.06. The number of aromatic nitrogens is 1. The van der Waals surface area contributed by atoms with Crippen LogP contribution in [0.15, 0.2) is 47.3 Å². The molecule has 0 radical (unpaired) electrons. The van der Waals surface area contributed by atoms with Gasteiger partial charge in [-0.15, -0.1) is 0 Å². The summed E-state index contributed by atoms with van der Waals surface area (Å²) in [4.78, 5) is 15.2. The molecule has 0 spiro atoms. The number of hydrogen-bond acceptors (Lipinski definition) is 4. The van der Waals surface area contributed by atoms with Crippen LogP contribution in [-0.4, -0.2) is 30.9 Å². The molecule has 1 heterocycles. The van der Waals surface area contributed by atoms with Crippen LogP contribution in [0.5, 0.6) is 11.5 Å². The highest BCUT2D eigenvalue weighted by atomic mass is 32.1. The monoisotopic (exact) mass is 397 g/mol. The van der Waals surface area contributed by atoms with Gasteiger partial charge in [-0.05, 0) is 60.8 Å². The van der Waals surface area contributed by atoms with E-state index in [4.69, 9.17) is 21.7 Å². The molecule has 0 amide bonds. The molecule has 0 saturated heterocycles. The van der Waals surface area contributed by atoms with Crippen LogP contribution in [0.3, 0.4) is 0 Å². The molecule has 3 aromatic rings. The van der Waals surface area contributed by atoms with Crippen molar-refractivity contribution in [3.05, 3.63) is 63.9 Å². The Morgan fingerprint density at radius 2 is 1.93 bits per heavy atom. The molecule has 7 heteroatoms. The van der Waals surface area contributed by atoms with Gasteiger partial charge in [-0.1, -0.05) is 12.1 Å². The molecule has 0 bridgehead atoms. The van der Waals surface area contributed by atoms with E-state index >= 15 is 0 Å². The van der Waals surface area contributed by atoms with Gasteiger partial charge in [0.2, 0.25) is 0 Å². The van der Waals surface area contributed by atoms with E-state index in [1.807, 2.05) is 43.3 Å². The van der Waals surface area contributed by atoms with Gasteiger partial charge in [-0.3, -0.25) is 4.79 Å². The number of pyridine rings is 1. The third-order valence-electron chi connectivity index (χ3n) is 4.41. The van der Waals surface area contributed by atoms with Gasteiger partial charge in [0.25, 0.3) is 5.56 Å². The van der Waals surface area contributed by atoms with E-state index in [1.54, 1.807) is 20.3 Å². The summed E-state index contributed by atoms with van der Waals surface area (Å²) < 4.78 is 10.6. The first-order valence-corrected chi connectivity index (χ1v) is 9.30. The molecule has 3 rings (SSSR count). The Balaban J connectivity index is 1.63. The van der Waals surface area contributed by atoms with Crippen LogP contribution in [0, 0.1) is 6.92 Å². The zero-order valence-electron chi connectivity index (χ0n) is 16.1. The zero-order chi connectivity index (χ0) is 20.1. The van der Waals surface area contributed by atoms with Crippen LogP contribution in [0.4, 0.5) is 5.69 Å². The quantitative estimate of drug-likeness (QED) is 0.554. The second kappa shape index (κ2) is 8.75. The van der Waals surface area contributed by atoms with Crippen molar-refractivity contribution in [3.63, 3.8) is 0 Å². The first kappa shape index (κ1) is 19.7. The molecular weight excluding hydrogens is 374 g/mol. The van der Waals surface area contributed by atoms with E-state index in [-0.39, 0.29) is 5.56 Å². The van der Waals surface area contributed by atoms with Crippen molar-refractivity contribution in [3.8, 4) is 11.5 Å². The Morgan fingerprint density at radius 1 is 1.11 bits per heavy atom. The average molecular weight is 398 g/mol. The number of anilines is 1. The number of rotatable bonds is 6. The molecule has 0 aliphatic heterocycles. The summed E-state index contributed by atoms with van der Waals surface area (Å²) in [5, 5.41) is 7.69. The van der Waals surface area contributed by atoms with E-state index in [9.17, 15) is 4.79 Å². The normalized spacial score (nSPS) is 10.5. The number of hydrogen-bond donors (Lipinski definition) is 3. The SMILES string of the molecule is COc1ccc(OC)c(NC(=S)NCCc2cc3ccc(C)cc3[nH]c2=O)c1. The van der Waals surface area contributed by atoms with Crippen LogP contribution in [0.25, 0.3) is 10.9 Å². The van der Waals surface area contributed by atoms with Crippen LogP contribution >= 0.6 is 12.2 Å². The first-order chi connectivity index (χ1) is 13.5. The summed E-state index contributed by atoms with van der Waals surface area (Å²) in [5.74, 6) is 1.36. The van der Waals surface area contributed by atoms with Gasteiger partial charge < -0.3 is 25.1 Å². The Labute approximate surface area is 168 Å². The van der Waals surface area contributed by atoms with Crippen molar-refractivity contribution in [2.24, 2.45) is 0 Å². The molecule has 0 unspecified atom stereocenters. The van der Waals surface area contributed by atoms with Crippen molar-refractivity contribution >= 4 is 33.9 Å². The van der Waals surface area contributed by atoms with E-state index in [0.29, 0.717) is 40.8 Å². The lowest BCUT2D eigenvalue weighted by Crippen LogP contribution is -2.31. The molecule has 2 aromatic carbocycles. The summed E-state index contributed by atoms with van der Waals surface area (Å²) in [7, 11) is 3.20. The fourth-order valence-electron chi connectivity index (χ4n) is 2.93. The fraction of sp³-hybridized carbons (Fsp3) is 0.238. The number of aromatic amines is 1. The highest BCUT2D eigenvalue weighted by Crippen LogP contribution is 2.28. The van der Waals surface area contributed by atoms with E-state index in [1.165, 1.54) is 0 Å². The molecule has 1 aromatic heterocycles. The highest BCUT2D eigenvalue weighted by Gasteiger charge is 2.08. The van der Waals surface area contributed by atoms with E-state index in [2.05, 4.69) is 15.6 Å². The van der Waals surface area contributed by atoms with Crippen molar-refractivity contribution < 1.29 is 9.47 Å². The molecule has 0 saturated carbocycles. The molecule has 146 valence electrons. The van der Waals surface area contributed by atoms with Crippen LogP contribution in [0.1, 0.15) is 11.1 Å². The van der Waals surface area contributed by atoms with Crippen LogP contribution in [-0.2, 0) is 6.42 Å². The lowest BCUT2D eigenvalue weighted by molar-refractivity contribution is 0.405. The summed E-state index contributed by atoms with van der Waals surface area (Å²) >= 11 is 5.36. The molecule has 0 aliphatic rings. The lowest BCUT2D eigenvalue weighted by atomic mass is 10.1. The van der Waals surface area contributed by atoms with Gasteiger partial charge in [0.05, 0.1) is 19.9 Å². The number of nitrogens with one attached hydrogen (secondary N) is 3. The molecule has 0 atom stereocenters. The maximum absolute atomic E-state index is 12.3. The molecule has 28 heavy (non-hydrogen) atoms. The molecule has 0 aliphatic carbocycles. The number of ether oxygens (including phenoxy) is 2. The highest BCUT2D eigenvalue weighted by molar-refractivity contribution is 7.80. The first-order valence-electron chi connectivity index (χ1n) is 8.89. The predicted octanol–water partition coefficient (Wildman–Crippen LogP) is 3.38. The number of H-pyrrole nitrogens is 1. The number of aryl methyl sites for hydroxylation is 1. The minimum atomic E-state index is -0.0757. The third kappa shape index (κ3) is 4.61. The Morgan fingerprint density at radius 3 is 2.68 bits per heavy atom. The van der Waals surface area contributed by atoms with Gasteiger partial charge in [0.15, 0.2) is 5.11 Å². The summed E-state index contributed by atoms with van der Waals surface area (Å²) in [6, 6.07) is 13.4. The second-order valence-corrected chi connectivity index (χ2v) is 6.82. The molecule has 3 N–H and O–H groups in total. The fourth-order valence-corrected chi connectivity index (χ4v) is 3.15. The smallest absolute Gasteiger partial charge is 0.251 e. The van der Waals surface area contributed by atoms with Crippen LogP contribution < -0.4 is 25.7 Å².